The fraction of sp³-hybridized carbons (Fsp3) is 0.105. The van der Waals surface area contributed by atoms with Gasteiger partial charge in [0.25, 0.3) is 0 Å². The summed E-state index contributed by atoms with van der Waals surface area (Å²) in [7, 11) is 3.57. The van der Waals surface area contributed by atoms with Crippen LogP contribution in [-0.4, -0.2) is 35.9 Å². The zero-order chi connectivity index (χ0) is 17.7. The summed E-state index contributed by atoms with van der Waals surface area (Å²) in [4.78, 5) is 4.54. The second kappa shape index (κ2) is 5.45. The van der Waals surface area contributed by atoms with Crippen LogP contribution < -0.4 is 4.74 Å². The molecule has 0 aliphatic rings. The summed E-state index contributed by atoms with van der Waals surface area (Å²) in [6, 6.07) is 9.93. The molecule has 26 heavy (non-hydrogen) atoms. The molecule has 0 fully saturated rings. The smallest absolute Gasteiger partial charge is 0.145 e. The van der Waals surface area contributed by atoms with Crippen LogP contribution in [-0.2, 0) is 7.05 Å². The van der Waals surface area contributed by atoms with Gasteiger partial charge in [0.15, 0.2) is 0 Å². The standard InChI is InChI=1S/C19H16N6O/c1-23-12-13(10-22-23)14-9-17(26-2)15-6-7-21-25(15)19(14)16-11-20-18-5-3-4-8-24(16)18/h3-12H,1-2H3. The topological polar surface area (TPSA) is 61.6 Å². The monoisotopic (exact) mass is 344 g/mol. The number of methoxy groups -OCH3 is 1. The maximum atomic E-state index is 5.60. The van der Waals surface area contributed by atoms with Crippen molar-refractivity contribution >= 4 is 11.2 Å². The summed E-state index contributed by atoms with van der Waals surface area (Å²) in [5.41, 5.74) is 5.66. The molecule has 5 aromatic rings. The van der Waals surface area contributed by atoms with Crippen LogP contribution in [0.15, 0.2) is 61.3 Å². The Hall–Kier alpha value is -3.61. The average molecular weight is 344 g/mol. The third kappa shape index (κ3) is 2.03. The average Bonchev–Trinajstić information content (AvgIpc) is 3.39. The minimum Gasteiger partial charge on any atom is -0.494 e. The lowest BCUT2D eigenvalue weighted by Crippen LogP contribution is -2.01. The Kier molecular flexibility index (Phi) is 3.08. The molecule has 0 aliphatic carbocycles. The first kappa shape index (κ1) is 14.7. The minimum absolute atomic E-state index is 0.763. The number of ether oxygens (including phenoxy) is 1. The van der Waals surface area contributed by atoms with E-state index in [1.54, 1.807) is 18.0 Å². The van der Waals surface area contributed by atoms with Crippen molar-refractivity contribution in [3.05, 3.63) is 61.3 Å². The van der Waals surface area contributed by atoms with Gasteiger partial charge in [0.2, 0.25) is 0 Å². The van der Waals surface area contributed by atoms with Crippen LogP contribution in [0.1, 0.15) is 0 Å². The molecular formula is C19H16N6O. The molecule has 5 aromatic heterocycles. The Bertz CT molecular complexity index is 1250. The van der Waals surface area contributed by atoms with Crippen molar-refractivity contribution in [3.63, 3.8) is 0 Å². The highest BCUT2D eigenvalue weighted by atomic mass is 16.5. The molecule has 5 heterocycles. The number of nitrogens with zero attached hydrogens (tertiary/aromatic N) is 6. The summed E-state index contributed by atoms with van der Waals surface area (Å²) in [6.07, 6.45) is 9.48. The van der Waals surface area contributed by atoms with Gasteiger partial charge in [0.05, 0.1) is 37.1 Å². The first-order chi connectivity index (χ1) is 12.8. The van der Waals surface area contributed by atoms with Gasteiger partial charge < -0.3 is 4.74 Å². The third-order valence-electron chi connectivity index (χ3n) is 4.53. The van der Waals surface area contributed by atoms with E-state index in [4.69, 9.17) is 4.74 Å². The van der Waals surface area contributed by atoms with Crippen molar-refractivity contribution in [3.8, 4) is 28.3 Å². The number of pyridine rings is 2. The molecule has 5 rings (SSSR count). The van der Waals surface area contributed by atoms with Gasteiger partial charge in [0, 0.05) is 30.6 Å². The first-order valence-corrected chi connectivity index (χ1v) is 8.22. The van der Waals surface area contributed by atoms with Crippen LogP contribution in [0, 0.1) is 0 Å². The molecule has 7 nitrogen and oxygen atoms in total. The van der Waals surface area contributed by atoms with Crippen molar-refractivity contribution in [2.45, 2.75) is 0 Å². The van der Waals surface area contributed by atoms with Gasteiger partial charge in [-0.3, -0.25) is 9.08 Å². The Morgan fingerprint density at radius 1 is 1.08 bits per heavy atom. The summed E-state index contributed by atoms with van der Waals surface area (Å²) in [6.45, 7) is 0. The molecule has 0 amide bonds. The molecule has 128 valence electrons. The van der Waals surface area contributed by atoms with Crippen molar-refractivity contribution in [1.29, 1.82) is 0 Å². The minimum atomic E-state index is 0.763. The molecule has 0 spiro atoms. The zero-order valence-electron chi connectivity index (χ0n) is 14.4. The fourth-order valence-electron chi connectivity index (χ4n) is 3.35. The number of fused-ring (bicyclic) bond motifs is 2. The number of rotatable bonds is 3. The van der Waals surface area contributed by atoms with Gasteiger partial charge >= 0.3 is 0 Å². The number of imidazole rings is 1. The van der Waals surface area contributed by atoms with E-state index in [-0.39, 0.29) is 0 Å². The molecule has 0 bridgehead atoms. The highest BCUT2D eigenvalue weighted by molar-refractivity contribution is 5.85. The molecule has 0 unspecified atom stereocenters. The second-order valence-corrected chi connectivity index (χ2v) is 6.08. The van der Waals surface area contributed by atoms with E-state index >= 15 is 0 Å². The molecule has 0 saturated heterocycles. The van der Waals surface area contributed by atoms with E-state index in [1.807, 2.05) is 66.7 Å². The van der Waals surface area contributed by atoms with Crippen molar-refractivity contribution < 1.29 is 4.74 Å². The quantitative estimate of drug-likeness (QED) is 0.505. The van der Waals surface area contributed by atoms with E-state index in [2.05, 4.69) is 19.6 Å². The molecule has 0 N–H and O–H groups in total. The Labute approximate surface area is 149 Å². The van der Waals surface area contributed by atoms with E-state index in [0.717, 1.165) is 39.4 Å². The lowest BCUT2D eigenvalue weighted by Gasteiger charge is -2.13. The van der Waals surface area contributed by atoms with E-state index in [9.17, 15) is 0 Å². The molecule has 0 aromatic carbocycles. The molecule has 7 heteroatoms. The van der Waals surface area contributed by atoms with Crippen LogP contribution in [0.25, 0.3) is 33.7 Å². The van der Waals surface area contributed by atoms with Crippen molar-refractivity contribution in [1.82, 2.24) is 28.8 Å². The summed E-state index contributed by atoms with van der Waals surface area (Å²) in [5, 5.41) is 8.88. The van der Waals surface area contributed by atoms with Gasteiger partial charge in [0.1, 0.15) is 16.9 Å². The SMILES string of the molecule is COc1cc(-c2cnn(C)c2)c(-c2cnc3ccccn23)n2nccc12. The van der Waals surface area contributed by atoms with Gasteiger partial charge in [-0.15, -0.1) is 0 Å². The lowest BCUT2D eigenvalue weighted by atomic mass is 10.0. The maximum Gasteiger partial charge on any atom is 0.145 e. The predicted molar refractivity (Wildman–Crippen MR) is 98.1 cm³/mol. The van der Waals surface area contributed by atoms with E-state index in [1.165, 1.54) is 0 Å². The molecule has 0 atom stereocenters. The number of aromatic nitrogens is 6. The van der Waals surface area contributed by atoms with Crippen LogP contribution in [0.4, 0.5) is 0 Å². The van der Waals surface area contributed by atoms with Crippen LogP contribution in [0.2, 0.25) is 0 Å². The predicted octanol–water partition coefficient (Wildman–Crippen LogP) is 3.06. The second-order valence-electron chi connectivity index (χ2n) is 6.08. The normalized spacial score (nSPS) is 11.5. The first-order valence-electron chi connectivity index (χ1n) is 8.22. The number of hydrogen-bond acceptors (Lipinski definition) is 4. The van der Waals surface area contributed by atoms with E-state index < -0.39 is 0 Å². The Balaban J connectivity index is 1.92. The van der Waals surface area contributed by atoms with Crippen LogP contribution in [0.3, 0.4) is 0 Å². The molecule has 0 radical (unpaired) electrons. The van der Waals surface area contributed by atoms with E-state index in [0.29, 0.717) is 0 Å². The number of aryl methyl sites for hydroxylation is 1. The van der Waals surface area contributed by atoms with Gasteiger partial charge in [-0.2, -0.15) is 10.2 Å². The van der Waals surface area contributed by atoms with Crippen molar-refractivity contribution in [2.75, 3.05) is 7.11 Å². The fourth-order valence-corrected chi connectivity index (χ4v) is 3.35. The van der Waals surface area contributed by atoms with Gasteiger partial charge in [-0.25, -0.2) is 9.50 Å². The Morgan fingerprint density at radius 2 is 2.00 bits per heavy atom. The third-order valence-corrected chi connectivity index (χ3v) is 4.53. The lowest BCUT2D eigenvalue weighted by molar-refractivity contribution is 0.418. The highest BCUT2D eigenvalue weighted by Gasteiger charge is 2.20. The van der Waals surface area contributed by atoms with Gasteiger partial charge in [-0.05, 0) is 24.3 Å². The summed E-state index contributed by atoms with van der Waals surface area (Å²) < 4.78 is 11.3. The van der Waals surface area contributed by atoms with Crippen LogP contribution >= 0.6 is 0 Å². The highest BCUT2D eigenvalue weighted by Crippen LogP contribution is 2.37. The van der Waals surface area contributed by atoms with Crippen LogP contribution in [0.5, 0.6) is 5.75 Å². The zero-order valence-corrected chi connectivity index (χ0v) is 14.4. The maximum absolute atomic E-state index is 5.60. The molecule has 0 aliphatic heterocycles. The largest absolute Gasteiger partial charge is 0.494 e. The molecular weight excluding hydrogens is 328 g/mol. The Morgan fingerprint density at radius 3 is 2.81 bits per heavy atom. The number of hydrogen-bond donors (Lipinski definition) is 0. The molecule has 0 saturated carbocycles. The van der Waals surface area contributed by atoms with Gasteiger partial charge in [-0.1, -0.05) is 6.07 Å². The summed E-state index contributed by atoms with van der Waals surface area (Å²) in [5.74, 6) is 0.763. The summed E-state index contributed by atoms with van der Waals surface area (Å²) >= 11 is 0. The van der Waals surface area contributed by atoms with Crippen molar-refractivity contribution in [2.24, 2.45) is 7.05 Å².